The van der Waals surface area contributed by atoms with Crippen LogP contribution in [0.3, 0.4) is 0 Å². The highest BCUT2D eigenvalue weighted by Crippen LogP contribution is 2.38. The fourth-order valence-electron chi connectivity index (χ4n) is 4.52. The second-order valence-electron chi connectivity index (χ2n) is 10.1. The number of sulfonamides is 1. The van der Waals surface area contributed by atoms with Gasteiger partial charge in [-0.2, -0.15) is 9.40 Å². The molecule has 0 saturated heterocycles. The van der Waals surface area contributed by atoms with E-state index < -0.39 is 49.7 Å². The number of benzene rings is 2. The standard InChI is InChI=1S/C25H28F3N5O3S/c1-13(2)21(29)17-6-5-7-19(28)20(17)24(34)30-23-18-11-33(12-25(3,4)22(18)31-32-23)37(35,36)16-9-14(26)8-15(27)10-16/h5-10,13,21H,11-12,29H2,1-4H3,(H2,30,31,32,34). The molecule has 0 saturated carbocycles. The van der Waals surface area contributed by atoms with Crippen LogP contribution in [0.25, 0.3) is 0 Å². The van der Waals surface area contributed by atoms with Gasteiger partial charge in [-0.1, -0.05) is 39.8 Å². The molecule has 0 bridgehead atoms. The topological polar surface area (TPSA) is 121 Å². The molecule has 198 valence electrons. The Morgan fingerprint density at radius 1 is 1.16 bits per heavy atom. The molecule has 2 aromatic carbocycles. The number of nitrogens with two attached hydrogens (primary N) is 1. The zero-order valence-electron chi connectivity index (χ0n) is 20.8. The molecule has 37 heavy (non-hydrogen) atoms. The van der Waals surface area contributed by atoms with Crippen LogP contribution in [0.4, 0.5) is 19.0 Å². The van der Waals surface area contributed by atoms with Crippen molar-refractivity contribution in [2.75, 3.05) is 11.9 Å². The van der Waals surface area contributed by atoms with Crippen molar-refractivity contribution in [2.24, 2.45) is 11.7 Å². The third-order valence-electron chi connectivity index (χ3n) is 6.51. The third-order valence-corrected chi connectivity index (χ3v) is 8.28. The van der Waals surface area contributed by atoms with Gasteiger partial charge in [-0.05, 0) is 29.7 Å². The summed E-state index contributed by atoms with van der Waals surface area (Å²) >= 11 is 0. The van der Waals surface area contributed by atoms with Crippen molar-refractivity contribution in [3.8, 4) is 0 Å². The Kier molecular flexibility index (Phi) is 6.95. The second-order valence-corrected chi connectivity index (χ2v) is 12.1. The lowest BCUT2D eigenvalue weighted by Gasteiger charge is -2.36. The number of rotatable bonds is 6. The molecule has 12 heteroatoms. The lowest BCUT2D eigenvalue weighted by molar-refractivity contribution is 0.102. The monoisotopic (exact) mass is 535 g/mol. The van der Waals surface area contributed by atoms with Crippen LogP contribution in [-0.4, -0.2) is 35.4 Å². The van der Waals surface area contributed by atoms with Crippen LogP contribution in [0.5, 0.6) is 0 Å². The van der Waals surface area contributed by atoms with Gasteiger partial charge in [0.2, 0.25) is 10.0 Å². The molecular formula is C25H28F3N5O3S. The molecule has 1 aromatic heterocycles. The van der Waals surface area contributed by atoms with Crippen LogP contribution < -0.4 is 11.1 Å². The Morgan fingerprint density at radius 2 is 1.81 bits per heavy atom. The Bertz CT molecular complexity index is 1450. The fourth-order valence-corrected chi connectivity index (χ4v) is 6.13. The van der Waals surface area contributed by atoms with Gasteiger partial charge in [0.05, 0.1) is 10.5 Å². The smallest absolute Gasteiger partial charge is 0.260 e. The molecule has 2 heterocycles. The van der Waals surface area contributed by atoms with Crippen molar-refractivity contribution < 1.29 is 26.4 Å². The minimum absolute atomic E-state index is 0.0171. The summed E-state index contributed by atoms with van der Waals surface area (Å²) in [5.41, 5.74) is 6.45. The Morgan fingerprint density at radius 3 is 2.43 bits per heavy atom. The highest BCUT2D eigenvalue weighted by molar-refractivity contribution is 7.89. The number of carbonyl (C=O) groups excluding carboxylic acids is 1. The Hall–Kier alpha value is -3.22. The molecule has 3 aromatic rings. The number of carbonyl (C=O) groups is 1. The lowest BCUT2D eigenvalue weighted by Crippen LogP contribution is -2.45. The summed E-state index contributed by atoms with van der Waals surface area (Å²) in [4.78, 5) is 12.7. The molecule has 1 amide bonds. The van der Waals surface area contributed by atoms with E-state index in [2.05, 4.69) is 15.5 Å². The molecule has 1 atom stereocenters. The zero-order valence-corrected chi connectivity index (χ0v) is 21.6. The average Bonchev–Trinajstić information content (AvgIpc) is 3.20. The largest absolute Gasteiger partial charge is 0.324 e. The van der Waals surface area contributed by atoms with Crippen molar-refractivity contribution in [1.29, 1.82) is 0 Å². The van der Waals surface area contributed by atoms with Gasteiger partial charge in [0, 0.05) is 41.9 Å². The number of H-pyrrole nitrogens is 1. The number of amides is 1. The van der Waals surface area contributed by atoms with Crippen LogP contribution in [0.15, 0.2) is 41.3 Å². The van der Waals surface area contributed by atoms with E-state index in [1.54, 1.807) is 19.9 Å². The van der Waals surface area contributed by atoms with E-state index >= 15 is 0 Å². The number of aromatic amines is 1. The molecule has 1 aliphatic rings. The maximum absolute atomic E-state index is 14.8. The van der Waals surface area contributed by atoms with Crippen LogP contribution in [0, 0.1) is 23.4 Å². The summed E-state index contributed by atoms with van der Waals surface area (Å²) in [6, 6.07) is 5.69. The fraction of sp³-hybridized carbons (Fsp3) is 0.360. The van der Waals surface area contributed by atoms with Gasteiger partial charge in [0.15, 0.2) is 5.82 Å². The second kappa shape index (κ2) is 9.58. The van der Waals surface area contributed by atoms with Crippen LogP contribution in [-0.2, 0) is 22.0 Å². The first-order valence-corrected chi connectivity index (χ1v) is 13.1. The maximum Gasteiger partial charge on any atom is 0.260 e. The quantitative estimate of drug-likeness (QED) is 0.437. The highest BCUT2D eigenvalue weighted by Gasteiger charge is 2.41. The average molecular weight is 536 g/mol. The summed E-state index contributed by atoms with van der Waals surface area (Å²) in [5.74, 6) is -3.64. The predicted octanol–water partition coefficient (Wildman–Crippen LogP) is 4.22. The number of halogens is 3. The lowest BCUT2D eigenvalue weighted by atomic mass is 9.84. The normalized spacial score (nSPS) is 16.5. The molecule has 0 fully saturated rings. The SMILES string of the molecule is CC(C)C(N)c1cccc(F)c1C(=O)Nc1n[nH]c2c1CN(S(=O)(=O)c1cc(F)cc(F)c1)CC2(C)C. The van der Waals surface area contributed by atoms with E-state index in [1.165, 1.54) is 6.07 Å². The molecular weight excluding hydrogens is 507 g/mol. The molecule has 0 spiro atoms. The third kappa shape index (κ3) is 5.00. The van der Waals surface area contributed by atoms with E-state index in [9.17, 15) is 26.4 Å². The van der Waals surface area contributed by atoms with Crippen molar-refractivity contribution in [1.82, 2.24) is 14.5 Å². The Balaban J connectivity index is 1.71. The highest BCUT2D eigenvalue weighted by atomic mass is 32.2. The summed E-state index contributed by atoms with van der Waals surface area (Å²) < 4.78 is 70.0. The summed E-state index contributed by atoms with van der Waals surface area (Å²) in [6.07, 6.45) is 0. The molecule has 8 nitrogen and oxygen atoms in total. The zero-order chi connectivity index (χ0) is 27.3. The van der Waals surface area contributed by atoms with Gasteiger partial charge in [-0.15, -0.1) is 0 Å². The first-order valence-electron chi connectivity index (χ1n) is 11.6. The van der Waals surface area contributed by atoms with Crippen molar-refractivity contribution >= 4 is 21.7 Å². The Labute approximate surface area is 213 Å². The first-order chi connectivity index (χ1) is 17.2. The summed E-state index contributed by atoms with van der Waals surface area (Å²) in [7, 11) is -4.31. The van der Waals surface area contributed by atoms with E-state index in [-0.39, 0.29) is 30.4 Å². The summed E-state index contributed by atoms with van der Waals surface area (Å²) in [5, 5.41) is 9.60. The van der Waals surface area contributed by atoms with Crippen molar-refractivity contribution in [3.63, 3.8) is 0 Å². The van der Waals surface area contributed by atoms with Crippen LogP contribution in [0.1, 0.15) is 60.9 Å². The van der Waals surface area contributed by atoms with E-state index in [4.69, 9.17) is 5.73 Å². The molecule has 4 rings (SSSR count). The molecule has 0 radical (unpaired) electrons. The van der Waals surface area contributed by atoms with E-state index in [0.29, 0.717) is 22.9 Å². The van der Waals surface area contributed by atoms with Gasteiger partial charge in [-0.3, -0.25) is 9.89 Å². The van der Waals surface area contributed by atoms with E-state index in [1.807, 2.05) is 13.8 Å². The number of fused-ring (bicyclic) bond motifs is 1. The van der Waals surface area contributed by atoms with Crippen molar-refractivity contribution in [3.05, 3.63) is 76.2 Å². The van der Waals surface area contributed by atoms with Gasteiger partial charge in [0.1, 0.15) is 17.5 Å². The van der Waals surface area contributed by atoms with Crippen LogP contribution in [0.2, 0.25) is 0 Å². The number of nitrogens with zero attached hydrogens (tertiary/aromatic N) is 2. The number of aromatic nitrogens is 2. The van der Waals surface area contributed by atoms with Gasteiger partial charge in [-0.25, -0.2) is 21.6 Å². The minimum atomic E-state index is -4.31. The number of hydrogen-bond donors (Lipinski definition) is 3. The summed E-state index contributed by atoms with van der Waals surface area (Å²) in [6.45, 7) is 6.98. The number of anilines is 1. The number of hydrogen-bond acceptors (Lipinski definition) is 5. The van der Waals surface area contributed by atoms with E-state index in [0.717, 1.165) is 22.5 Å². The van der Waals surface area contributed by atoms with Gasteiger partial charge in [0.25, 0.3) is 5.91 Å². The van der Waals surface area contributed by atoms with Gasteiger partial charge < -0.3 is 11.1 Å². The van der Waals surface area contributed by atoms with Crippen molar-refractivity contribution in [2.45, 2.75) is 50.6 Å². The minimum Gasteiger partial charge on any atom is -0.324 e. The maximum atomic E-state index is 14.8. The first kappa shape index (κ1) is 26.8. The predicted molar refractivity (Wildman–Crippen MR) is 132 cm³/mol. The molecule has 1 aliphatic heterocycles. The molecule has 1 unspecified atom stereocenters. The molecule has 0 aliphatic carbocycles. The van der Waals surface area contributed by atoms with Gasteiger partial charge >= 0.3 is 0 Å². The number of nitrogens with one attached hydrogen (secondary N) is 2. The van der Waals surface area contributed by atoms with Crippen LogP contribution >= 0.6 is 0 Å². The molecule has 4 N–H and O–H groups in total.